The van der Waals surface area contributed by atoms with E-state index >= 15 is 0 Å². The van der Waals surface area contributed by atoms with Crippen LogP contribution in [0.25, 0.3) is 0 Å². The molecule has 0 spiro atoms. The summed E-state index contributed by atoms with van der Waals surface area (Å²) in [6.07, 6.45) is 6.52. The van der Waals surface area contributed by atoms with E-state index in [4.69, 9.17) is 16.3 Å². The summed E-state index contributed by atoms with van der Waals surface area (Å²) < 4.78 is 4.82. The Kier molecular flexibility index (Phi) is 9.16. The standard InChI is InChI=1S/C11H21ClO2/c1-3-7-11(12)8-5-4-6-9-14-10(2)13/h11H,3-9H2,1-2H3. The van der Waals surface area contributed by atoms with Gasteiger partial charge >= 0.3 is 5.97 Å². The lowest BCUT2D eigenvalue weighted by molar-refractivity contribution is -0.141. The van der Waals surface area contributed by atoms with Crippen LogP contribution >= 0.6 is 11.6 Å². The van der Waals surface area contributed by atoms with Gasteiger partial charge in [-0.2, -0.15) is 0 Å². The van der Waals surface area contributed by atoms with Gasteiger partial charge in [-0.3, -0.25) is 4.79 Å². The van der Waals surface area contributed by atoms with Gasteiger partial charge in [0.1, 0.15) is 0 Å². The van der Waals surface area contributed by atoms with Crippen molar-refractivity contribution in [2.75, 3.05) is 6.61 Å². The quantitative estimate of drug-likeness (QED) is 0.356. The third-order valence-electron chi connectivity index (χ3n) is 2.07. The Balaban J connectivity index is 3.09. The lowest BCUT2D eigenvalue weighted by atomic mass is 10.1. The van der Waals surface area contributed by atoms with Gasteiger partial charge in [0, 0.05) is 12.3 Å². The number of carbonyl (C=O) groups is 1. The fourth-order valence-electron chi connectivity index (χ4n) is 1.32. The summed E-state index contributed by atoms with van der Waals surface area (Å²) in [4.78, 5) is 10.4. The zero-order valence-corrected chi connectivity index (χ0v) is 9.98. The summed E-state index contributed by atoms with van der Waals surface area (Å²) in [6, 6.07) is 0. The van der Waals surface area contributed by atoms with Crippen LogP contribution in [0.3, 0.4) is 0 Å². The first kappa shape index (κ1) is 13.8. The largest absolute Gasteiger partial charge is 0.466 e. The molecule has 0 fully saturated rings. The average Bonchev–Trinajstić information content (AvgIpc) is 2.11. The van der Waals surface area contributed by atoms with Gasteiger partial charge in [0.2, 0.25) is 0 Å². The summed E-state index contributed by atoms with van der Waals surface area (Å²) in [5.74, 6) is -0.189. The number of halogens is 1. The van der Waals surface area contributed by atoms with Crippen molar-refractivity contribution in [3.8, 4) is 0 Å². The van der Waals surface area contributed by atoms with Crippen molar-refractivity contribution < 1.29 is 9.53 Å². The van der Waals surface area contributed by atoms with Gasteiger partial charge in [0.05, 0.1) is 6.61 Å². The molecule has 14 heavy (non-hydrogen) atoms. The van der Waals surface area contributed by atoms with Crippen molar-refractivity contribution in [2.24, 2.45) is 0 Å². The van der Waals surface area contributed by atoms with Crippen molar-refractivity contribution in [3.63, 3.8) is 0 Å². The van der Waals surface area contributed by atoms with Crippen LogP contribution in [-0.4, -0.2) is 18.0 Å². The first-order valence-electron chi connectivity index (χ1n) is 5.44. The Morgan fingerprint density at radius 1 is 1.29 bits per heavy atom. The summed E-state index contributed by atoms with van der Waals surface area (Å²) in [5.41, 5.74) is 0. The number of hydrogen-bond donors (Lipinski definition) is 0. The van der Waals surface area contributed by atoms with Crippen LogP contribution in [0, 0.1) is 0 Å². The Bertz CT molecular complexity index is 148. The van der Waals surface area contributed by atoms with Crippen LogP contribution in [0.1, 0.15) is 52.4 Å². The van der Waals surface area contributed by atoms with Crippen molar-refractivity contribution in [1.82, 2.24) is 0 Å². The van der Waals surface area contributed by atoms with Crippen LogP contribution in [-0.2, 0) is 9.53 Å². The highest BCUT2D eigenvalue weighted by Crippen LogP contribution is 2.13. The molecule has 0 heterocycles. The van der Waals surface area contributed by atoms with Gasteiger partial charge in [-0.05, 0) is 19.3 Å². The number of esters is 1. The van der Waals surface area contributed by atoms with Gasteiger partial charge in [-0.1, -0.05) is 26.2 Å². The minimum Gasteiger partial charge on any atom is -0.466 e. The topological polar surface area (TPSA) is 26.3 Å². The molecule has 2 nitrogen and oxygen atoms in total. The highest BCUT2D eigenvalue weighted by Gasteiger charge is 2.02. The van der Waals surface area contributed by atoms with Gasteiger partial charge in [-0.15, -0.1) is 11.6 Å². The maximum Gasteiger partial charge on any atom is 0.302 e. The molecule has 0 N–H and O–H groups in total. The molecule has 1 atom stereocenters. The third kappa shape index (κ3) is 9.85. The van der Waals surface area contributed by atoms with E-state index in [1.54, 1.807) is 0 Å². The maximum absolute atomic E-state index is 10.4. The molecular weight excluding hydrogens is 200 g/mol. The van der Waals surface area contributed by atoms with Gasteiger partial charge in [0.25, 0.3) is 0 Å². The Hall–Kier alpha value is -0.240. The second-order valence-electron chi connectivity index (χ2n) is 3.58. The van der Waals surface area contributed by atoms with Crippen LogP contribution in [0.5, 0.6) is 0 Å². The number of alkyl halides is 1. The van der Waals surface area contributed by atoms with Gasteiger partial charge < -0.3 is 4.74 Å². The molecule has 0 aliphatic heterocycles. The van der Waals surface area contributed by atoms with Crippen molar-refractivity contribution in [2.45, 2.75) is 57.7 Å². The molecule has 0 aromatic carbocycles. The number of unbranched alkanes of at least 4 members (excludes halogenated alkanes) is 2. The predicted molar refractivity (Wildman–Crippen MR) is 59.7 cm³/mol. The van der Waals surface area contributed by atoms with Crippen LogP contribution < -0.4 is 0 Å². The van der Waals surface area contributed by atoms with E-state index in [2.05, 4.69) is 6.92 Å². The van der Waals surface area contributed by atoms with E-state index in [-0.39, 0.29) is 5.97 Å². The van der Waals surface area contributed by atoms with E-state index in [9.17, 15) is 4.79 Å². The van der Waals surface area contributed by atoms with Crippen LogP contribution in [0.4, 0.5) is 0 Å². The number of ether oxygens (including phenoxy) is 1. The Labute approximate surface area is 92.0 Å². The zero-order chi connectivity index (χ0) is 10.8. The molecule has 0 aromatic heterocycles. The van der Waals surface area contributed by atoms with Crippen LogP contribution in [0.15, 0.2) is 0 Å². The molecule has 3 heteroatoms. The summed E-state index contributed by atoms with van der Waals surface area (Å²) in [6.45, 7) is 4.14. The van der Waals surface area contributed by atoms with E-state index in [1.165, 1.54) is 6.92 Å². The first-order chi connectivity index (χ1) is 6.66. The minimum atomic E-state index is -0.189. The molecule has 0 saturated carbocycles. The molecule has 0 rings (SSSR count). The lowest BCUT2D eigenvalue weighted by Gasteiger charge is -2.07. The Morgan fingerprint density at radius 2 is 2.00 bits per heavy atom. The number of rotatable bonds is 8. The van der Waals surface area contributed by atoms with E-state index < -0.39 is 0 Å². The Morgan fingerprint density at radius 3 is 2.57 bits per heavy atom. The summed E-state index contributed by atoms with van der Waals surface area (Å²) in [7, 11) is 0. The second kappa shape index (κ2) is 9.32. The molecule has 0 aliphatic carbocycles. The molecule has 0 saturated heterocycles. The number of carbonyl (C=O) groups excluding carboxylic acids is 1. The lowest BCUT2D eigenvalue weighted by Crippen LogP contribution is -2.01. The fourth-order valence-corrected chi connectivity index (χ4v) is 1.69. The van der Waals surface area contributed by atoms with Gasteiger partial charge in [0.15, 0.2) is 0 Å². The summed E-state index contributed by atoms with van der Waals surface area (Å²) in [5, 5.41) is 0.328. The molecule has 0 bridgehead atoms. The summed E-state index contributed by atoms with van der Waals surface area (Å²) >= 11 is 6.06. The zero-order valence-electron chi connectivity index (χ0n) is 9.22. The van der Waals surface area contributed by atoms with Crippen molar-refractivity contribution >= 4 is 17.6 Å². The predicted octanol–water partition coefficient (Wildman–Crippen LogP) is 3.52. The van der Waals surface area contributed by atoms with Crippen molar-refractivity contribution in [3.05, 3.63) is 0 Å². The van der Waals surface area contributed by atoms with E-state index in [1.807, 2.05) is 0 Å². The number of hydrogen-bond acceptors (Lipinski definition) is 2. The molecule has 0 aliphatic rings. The highest BCUT2D eigenvalue weighted by molar-refractivity contribution is 6.20. The second-order valence-corrected chi connectivity index (χ2v) is 4.19. The average molecular weight is 221 g/mol. The maximum atomic E-state index is 10.4. The monoisotopic (exact) mass is 220 g/mol. The SMILES string of the molecule is CCCC(Cl)CCCCCOC(C)=O. The fraction of sp³-hybridized carbons (Fsp3) is 0.909. The highest BCUT2D eigenvalue weighted by atomic mass is 35.5. The minimum absolute atomic E-state index is 0.189. The van der Waals surface area contributed by atoms with Crippen molar-refractivity contribution in [1.29, 1.82) is 0 Å². The molecule has 0 amide bonds. The normalized spacial score (nSPS) is 12.5. The first-order valence-corrected chi connectivity index (χ1v) is 5.88. The van der Waals surface area contributed by atoms with E-state index in [0.717, 1.165) is 38.5 Å². The molecule has 84 valence electrons. The molecule has 0 aromatic rings. The van der Waals surface area contributed by atoms with E-state index in [0.29, 0.717) is 12.0 Å². The molecule has 1 unspecified atom stereocenters. The van der Waals surface area contributed by atoms with Crippen LogP contribution in [0.2, 0.25) is 0 Å². The molecular formula is C11H21ClO2. The molecule has 0 radical (unpaired) electrons. The smallest absolute Gasteiger partial charge is 0.302 e. The third-order valence-corrected chi connectivity index (χ3v) is 2.51. The van der Waals surface area contributed by atoms with Gasteiger partial charge in [-0.25, -0.2) is 0 Å².